The van der Waals surface area contributed by atoms with Crippen molar-refractivity contribution in [3.05, 3.63) is 153 Å². The van der Waals surface area contributed by atoms with E-state index in [0.717, 1.165) is 24.3 Å². The number of hydrogen-bond acceptors (Lipinski definition) is 11. The van der Waals surface area contributed by atoms with E-state index in [1.807, 2.05) is 6.07 Å². The van der Waals surface area contributed by atoms with Crippen molar-refractivity contribution in [1.82, 2.24) is 0 Å². The number of primary sulfonamides is 2. The third-order valence-corrected chi connectivity index (χ3v) is 11.3. The fraction of sp³-hybridized carbons (Fsp3) is 0.0714. The predicted octanol–water partition coefficient (Wildman–Crippen LogP) is 8.83. The van der Waals surface area contributed by atoms with Crippen LogP contribution in [-0.4, -0.2) is 40.9 Å². The van der Waals surface area contributed by atoms with Crippen LogP contribution in [-0.2, 0) is 29.6 Å². The number of nitriles is 1. The van der Waals surface area contributed by atoms with Crippen LogP contribution in [0.2, 0.25) is 20.1 Å². The molecule has 6 rings (SSSR count). The highest BCUT2D eigenvalue weighted by molar-refractivity contribution is 7.89. The minimum absolute atomic E-state index is 0.0421. The lowest BCUT2D eigenvalue weighted by molar-refractivity contribution is -0.136. The SMILES string of the molecule is Cc1cc(Oc2cc(Cl)cc(C#N)c2)cc(OC(C(=O)Nc2ccc(S(N)(=O)=O)cc2Cl)C(Oc2cc(Cl)cc(Oc3ccccc3)c2)C(=O)Nc2ccc(S(N)(=O)=O)cc2Cl)c1. The Morgan fingerprint density at radius 2 is 1.00 bits per heavy atom. The predicted molar refractivity (Wildman–Crippen MR) is 237 cm³/mol. The van der Waals surface area contributed by atoms with Crippen LogP contribution in [0.15, 0.2) is 131 Å². The van der Waals surface area contributed by atoms with E-state index >= 15 is 0 Å². The number of rotatable bonds is 15. The second-order valence-corrected chi connectivity index (χ2v) is 18.1. The van der Waals surface area contributed by atoms with Crippen LogP contribution < -0.4 is 39.9 Å². The van der Waals surface area contributed by atoms with Crippen LogP contribution in [0.4, 0.5) is 11.4 Å². The summed E-state index contributed by atoms with van der Waals surface area (Å²) in [5.74, 6) is -1.29. The van der Waals surface area contributed by atoms with Gasteiger partial charge >= 0.3 is 0 Å². The molecule has 0 heterocycles. The first kappa shape index (κ1) is 46.4. The lowest BCUT2D eigenvalue weighted by Gasteiger charge is -2.28. The Kier molecular flexibility index (Phi) is 14.4. The van der Waals surface area contributed by atoms with Gasteiger partial charge in [0.05, 0.1) is 42.8 Å². The second kappa shape index (κ2) is 19.5. The molecule has 21 heteroatoms. The van der Waals surface area contributed by atoms with Gasteiger partial charge in [-0.25, -0.2) is 27.1 Å². The van der Waals surface area contributed by atoms with Gasteiger partial charge < -0.3 is 29.6 Å². The molecule has 0 aliphatic heterocycles. The number of amides is 2. The molecule has 0 aromatic heterocycles. The van der Waals surface area contributed by atoms with Crippen LogP contribution in [0, 0.1) is 18.3 Å². The minimum Gasteiger partial charge on any atom is -0.476 e. The first-order chi connectivity index (χ1) is 29.7. The molecule has 2 atom stereocenters. The standard InChI is InChI=1S/C42H31Cl4N5O10S2/c1-23-11-28(59-30-14-24(22-47)13-25(43)15-30)18-29(12-23)60-39(41(52)50-37-9-7-33(20-35(37)45)62(48,54)55)40(42(53)51-38-10-8-34(21-36(38)46)63(49,56)57)61-32-17-26(44)16-31(19-32)58-27-5-3-2-4-6-27/h2-21,39-40H,1H3,(H,50,52)(H,51,53)(H2,48,54,55)(H2,49,56,57). The monoisotopic (exact) mass is 969 g/mol. The Morgan fingerprint density at radius 3 is 1.49 bits per heavy atom. The normalized spacial score (nSPS) is 12.3. The number of halogens is 4. The average Bonchev–Trinajstić information content (AvgIpc) is 3.19. The van der Waals surface area contributed by atoms with Gasteiger partial charge in [0.15, 0.2) is 0 Å². The van der Waals surface area contributed by atoms with Crippen LogP contribution in [0.1, 0.15) is 11.1 Å². The number of carbonyl (C=O) groups is 2. The number of sulfonamides is 2. The Labute approximate surface area is 381 Å². The van der Waals surface area contributed by atoms with Gasteiger partial charge in [0.2, 0.25) is 32.3 Å². The highest BCUT2D eigenvalue weighted by Crippen LogP contribution is 2.35. The number of ether oxygens (including phenoxy) is 4. The van der Waals surface area contributed by atoms with Crippen molar-refractivity contribution in [2.45, 2.75) is 28.9 Å². The summed E-state index contributed by atoms with van der Waals surface area (Å²) < 4.78 is 72.7. The molecule has 63 heavy (non-hydrogen) atoms. The van der Waals surface area contributed by atoms with Crippen LogP contribution in [0.25, 0.3) is 0 Å². The molecule has 0 fully saturated rings. The van der Waals surface area contributed by atoms with Crippen molar-refractivity contribution in [3.63, 3.8) is 0 Å². The Hall–Kier alpha value is -6.07. The van der Waals surface area contributed by atoms with Crippen molar-refractivity contribution >= 4 is 89.6 Å². The zero-order valence-corrected chi connectivity index (χ0v) is 36.9. The number of anilines is 2. The van der Waals surface area contributed by atoms with E-state index in [-0.39, 0.29) is 75.6 Å². The number of nitrogens with zero attached hydrogens (tertiary/aromatic N) is 1. The highest BCUT2D eigenvalue weighted by atomic mass is 35.5. The molecule has 6 aromatic carbocycles. The zero-order chi connectivity index (χ0) is 45.6. The summed E-state index contributed by atoms with van der Waals surface area (Å²) in [6.07, 6.45) is -3.97. The molecule has 2 unspecified atom stereocenters. The third-order valence-electron chi connectivity index (χ3n) is 8.46. The van der Waals surface area contributed by atoms with E-state index in [0.29, 0.717) is 11.3 Å². The van der Waals surface area contributed by atoms with Crippen molar-refractivity contribution in [3.8, 4) is 40.6 Å². The fourth-order valence-electron chi connectivity index (χ4n) is 5.71. The fourth-order valence-corrected chi connectivity index (χ4v) is 7.81. The molecule has 0 aliphatic carbocycles. The topological polar surface area (TPSA) is 239 Å². The summed E-state index contributed by atoms with van der Waals surface area (Å²) in [4.78, 5) is 28.4. The van der Waals surface area contributed by atoms with Gasteiger partial charge in [-0.15, -0.1) is 0 Å². The largest absolute Gasteiger partial charge is 0.476 e. The van der Waals surface area contributed by atoms with E-state index in [4.69, 9.17) is 75.6 Å². The highest BCUT2D eigenvalue weighted by Gasteiger charge is 2.39. The molecule has 6 N–H and O–H groups in total. The molecule has 0 saturated carbocycles. The van der Waals surface area contributed by atoms with Crippen molar-refractivity contribution in [2.75, 3.05) is 10.6 Å². The van der Waals surface area contributed by atoms with Gasteiger partial charge in [0.25, 0.3) is 11.8 Å². The summed E-state index contributed by atoms with van der Waals surface area (Å²) in [6, 6.07) is 30.3. The van der Waals surface area contributed by atoms with Crippen LogP contribution >= 0.6 is 46.4 Å². The number of hydrogen-bond donors (Lipinski definition) is 4. The lowest BCUT2D eigenvalue weighted by Crippen LogP contribution is -2.51. The summed E-state index contributed by atoms with van der Waals surface area (Å²) in [7, 11) is -8.39. The molecule has 0 bridgehead atoms. The molecule has 2 amide bonds. The van der Waals surface area contributed by atoms with Gasteiger partial charge in [-0.05, 0) is 103 Å². The van der Waals surface area contributed by atoms with Gasteiger partial charge in [0, 0.05) is 22.2 Å². The summed E-state index contributed by atoms with van der Waals surface area (Å²) >= 11 is 25.5. The number of aryl methyl sites for hydroxylation is 1. The quantitative estimate of drug-likeness (QED) is 0.0758. The van der Waals surface area contributed by atoms with E-state index < -0.39 is 44.1 Å². The van der Waals surface area contributed by atoms with Crippen LogP contribution in [0.5, 0.6) is 34.5 Å². The molecule has 0 saturated heterocycles. The van der Waals surface area contributed by atoms with Gasteiger partial charge in [-0.3, -0.25) is 9.59 Å². The molecule has 0 spiro atoms. The first-order valence-electron chi connectivity index (χ1n) is 17.9. The third kappa shape index (κ3) is 12.5. The molecule has 0 aliphatic rings. The van der Waals surface area contributed by atoms with Crippen molar-refractivity contribution in [2.24, 2.45) is 10.3 Å². The Morgan fingerprint density at radius 1 is 0.571 bits per heavy atom. The molecule has 6 aromatic rings. The zero-order valence-electron chi connectivity index (χ0n) is 32.2. The van der Waals surface area contributed by atoms with E-state index in [1.165, 1.54) is 60.7 Å². The molecular formula is C42H31Cl4N5O10S2. The second-order valence-electron chi connectivity index (χ2n) is 13.3. The average molecular weight is 972 g/mol. The van der Waals surface area contributed by atoms with Crippen LogP contribution in [0.3, 0.4) is 0 Å². The van der Waals surface area contributed by atoms with E-state index in [2.05, 4.69) is 10.6 Å². The molecule has 324 valence electrons. The smallest absolute Gasteiger partial charge is 0.270 e. The van der Waals surface area contributed by atoms with E-state index in [9.17, 15) is 31.7 Å². The summed E-state index contributed by atoms with van der Waals surface area (Å²) in [5, 5.41) is 24.9. The molecule has 0 radical (unpaired) electrons. The lowest BCUT2D eigenvalue weighted by atomic mass is 10.1. The number of para-hydroxylation sites is 1. The maximum atomic E-state index is 14.6. The summed E-state index contributed by atoms with van der Waals surface area (Å²) in [6.45, 7) is 1.69. The Bertz CT molecular complexity index is 3010. The van der Waals surface area contributed by atoms with Crippen molar-refractivity contribution in [1.29, 1.82) is 5.26 Å². The molecule has 15 nitrogen and oxygen atoms in total. The van der Waals surface area contributed by atoms with E-state index in [1.54, 1.807) is 43.3 Å². The number of nitrogens with two attached hydrogens (primary N) is 2. The van der Waals surface area contributed by atoms with Crippen molar-refractivity contribution < 1.29 is 45.4 Å². The van der Waals surface area contributed by atoms with Gasteiger partial charge in [-0.2, -0.15) is 5.26 Å². The minimum atomic E-state index is -4.20. The summed E-state index contributed by atoms with van der Waals surface area (Å²) in [5.41, 5.74) is 0.532. The number of nitrogens with one attached hydrogen (secondary N) is 2. The molecular weight excluding hydrogens is 940 g/mol. The Balaban J connectivity index is 1.46. The number of carbonyl (C=O) groups excluding carboxylic acids is 2. The number of benzene rings is 6. The first-order valence-corrected chi connectivity index (χ1v) is 22.5. The van der Waals surface area contributed by atoms with Gasteiger partial charge in [-0.1, -0.05) is 64.6 Å². The maximum absolute atomic E-state index is 14.6. The maximum Gasteiger partial charge on any atom is 0.270 e. The van der Waals surface area contributed by atoms with Gasteiger partial charge in [0.1, 0.15) is 34.5 Å².